The molecular formula is C18H38N4. The minimum atomic E-state index is 1.27. The highest BCUT2D eigenvalue weighted by Crippen LogP contribution is 2.06. The number of hydrogen-bond donors (Lipinski definition) is 0. The van der Waals surface area contributed by atoms with Crippen LogP contribution in [0.15, 0.2) is 0 Å². The van der Waals surface area contributed by atoms with Gasteiger partial charge in [0.15, 0.2) is 0 Å². The van der Waals surface area contributed by atoms with Crippen molar-refractivity contribution in [2.45, 2.75) is 39.5 Å². The summed E-state index contributed by atoms with van der Waals surface area (Å²) < 4.78 is 0. The average Bonchev–Trinajstić information content (AvgIpc) is 2.53. The normalized spacial score (nSPS) is 30.3. The van der Waals surface area contributed by atoms with Crippen LogP contribution >= 0.6 is 0 Å². The molecule has 2 atom stereocenters. The molecule has 2 saturated heterocycles. The van der Waals surface area contributed by atoms with E-state index < -0.39 is 0 Å². The van der Waals surface area contributed by atoms with Gasteiger partial charge in [-0.15, -0.1) is 0 Å². The molecule has 0 aromatic carbocycles. The average molecular weight is 311 g/mol. The van der Waals surface area contributed by atoms with Crippen LogP contribution in [0.2, 0.25) is 0 Å². The van der Waals surface area contributed by atoms with Gasteiger partial charge in [-0.3, -0.25) is 0 Å². The van der Waals surface area contributed by atoms with Gasteiger partial charge in [0.2, 0.25) is 0 Å². The molecule has 0 aromatic heterocycles. The van der Waals surface area contributed by atoms with Gasteiger partial charge in [0.1, 0.15) is 0 Å². The Morgan fingerprint density at radius 2 is 0.909 bits per heavy atom. The van der Waals surface area contributed by atoms with Crippen LogP contribution in [-0.2, 0) is 0 Å². The Kier molecular flexibility index (Phi) is 8.75. The Morgan fingerprint density at radius 3 is 1.32 bits per heavy atom. The van der Waals surface area contributed by atoms with Crippen LogP contribution in [0.4, 0.5) is 0 Å². The van der Waals surface area contributed by atoms with E-state index >= 15 is 0 Å². The predicted molar refractivity (Wildman–Crippen MR) is 95.6 cm³/mol. The van der Waals surface area contributed by atoms with Crippen molar-refractivity contribution in [1.82, 2.24) is 19.6 Å². The summed E-state index contributed by atoms with van der Waals surface area (Å²) in [6.45, 7) is 19.9. The minimum absolute atomic E-state index is 1.27. The third-order valence-electron chi connectivity index (χ3n) is 5.17. The van der Waals surface area contributed by atoms with Crippen molar-refractivity contribution in [3.05, 3.63) is 0 Å². The maximum absolute atomic E-state index is 2.72. The van der Waals surface area contributed by atoms with E-state index in [1.54, 1.807) is 0 Å². The molecule has 130 valence electrons. The molecule has 0 spiro atoms. The zero-order valence-corrected chi connectivity index (χ0v) is 15.1. The van der Waals surface area contributed by atoms with Crippen LogP contribution in [0.1, 0.15) is 39.5 Å². The van der Waals surface area contributed by atoms with Crippen LogP contribution in [-0.4, -0.2) is 98.1 Å². The second kappa shape index (κ2) is 10.6. The summed E-state index contributed by atoms with van der Waals surface area (Å²) in [5, 5.41) is 0. The summed E-state index contributed by atoms with van der Waals surface area (Å²) >= 11 is 0. The quantitative estimate of drug-likeness (QED) is 0.785. The monoisotopic (exact) mass is 310 g/mol. The first kappa shape index (κ1) is 18.2. The zero-order valence-electron chi connectivity index (χ0n) is 15.1. The molecule has 0 aliphatic carbocycles. The summed E-state index contributed by atoms with van der Waals surface area (Å²) in [6.07, 6.45) is 5.26. The van der Waals surface area contributed by atoms with Gasteiger partial charge in [0, 0.05) is 39.3 Å². The van der Waals surface area contributed by atoms with Gasteiger partial charge in [0.05, 0.1) is 0 Å². The first-order valence-corrected chi connectivity index (χ1v) is 9.71. The molecule has 0 N–H and O–H groups in total. The van der Waals surface area contributed by atoms with E-state index in [-0.39, 0.29) is 0 Å². The predicted octanol–water partition coefficient (Wildman–Crippen LogP) is 1.82. The highest BCUT2D eigenvalue weighted by atomic mass is 15.3. The maximum Gasteiger partial charge on any atom is 0.0110 e. The lowest BCUT2D eigenvalue weighted by atomic mass is 10.2. The van der Waals surface area contributed by atoms with E-state index in [4.69, 9.17) is 0 Å². The van der Waals surface area contributed by atoms with E-state index in [1.807, 2.05) is 0 Å². The molecule has 0 radical (unpaired) electrons. The lowest BCUT2D eigenvalue weighted by Gasteiger charge is -2.35. The van der Waals surface area contributed by atoms with Crippen molar-refractivity contribution in [3.8, 4) is 0 Å². The van der Waals surface area contributed by atoms with E-state index in [0.717, 1.165) is 0 Å². The van der Waals surface area contributed by atoms with Gasteiger partial charge in [-0.1, -0.05) is 13.8 Å². The Labute approximate surface area is 138 Å². The van der Waals surface area contributed by atoms with Crippen LogP contribution in [0, 0.1) is 0 Å². The first-order chi connectivity index (χ1) is 10.8. The number of fused-ring (bicyclic) bond motifs is 3. The second-order valence-corrected chi connectivity index (χ2v) is 7.07. The molecule has 2 aliphatic rings. The molecule has 2 heterocycles. The van der Waals surface area contributed by atoms with E-state index in [9.17, 15) is 0 Å². The van der Waals surface area contributed by atoms with Gasteiger partial charge in [-0.05, 0) is 65.0 Å². The van der Waals surface area contributed by atoms with Crippen molar-refractivity contribution in [3.63, 3.8) is 0 Å². The van der Waals surface area contributed by atoms with Gasteiger partial charge in [-0.2, -0.15) is 0 Å². The molecule has 2 fully saturated rings. The van der Waals surface area contributed by atoms with Gasteiger partial charge < -0.3 is 19.6 Å². The lowest BCUT2D eigenvalue weighted by molar-refractivity contribution is 0.120. The summed E-state index contributed by atoms with van der Waals surface area (Å²) in [5.74, 6) is 0. The fourth-order valence-electron chi connectivity index (χ4n) is 3.86. The standard InChI is InChI=1S/C18H38N4/c1-3-7-19-9-5-11-22-16-14-20(8-4-2)10-6-12-21(15-13-19)17-18-22/h3-18H2,1-2H3. The lowest BCUT2D eigenvalue weighted by Crippen LogP contribution is -2.47. The van der Waals surface area contributed by atoms with E-state index in [1.165, 1.54) is 104 Å². The van der Waals surface area contributed by atoms with Crippen molar-refractivity contribution >= 4 is 0 Å². The summed E-state index contributed by atoms with van der Waals surface area (Å²) in [7, 11) is 0. The summed E-state index contributed by atoms with van der Waals surface area (Å²) in [5.41, 5.74) is 0. The zero-order chi connectivity index (χ0) is 15.6. The third kappa shape index (κ3) is 6.53. The van der Waals surface area contributed by atoms with Crippen molar-refractivity contribution in [2.24, 2.45) is 0 Å². The van der Waals surface area contributed by atoms with Crippen LogP contribution in [0.5, 0.6) is 0 Å². The Balaban J connectivity index is 1.93. The van der Waals surface area contributed by atoms with Crippen LogP contribution in [0.3, 0.4) is 0 Å². The van der Waals surface area contributed by atoms with Gasteiger partial charge in [0.25, 0.3) is 0 Å². The third-order valence-corrected chi connectivity index (χ3v) is 5.17. The molecule has 2 bridgehead atoms. The summed E-state index contributed by atoms with van der Waals surface area (Å²) in [4.78, 5) is 10.8. The van der Waals surface area contributed by atoms with Gasteiger partial charge in [-0.25, -0.2) is 0 Å². The Morgan fingerprint density at radius 1 is 0.500 bits per heavy atom. The topological polar surface area (TPSA) is 13.0 Å². The molecule has 0 saturated carbocycles. The summed E-state index contributed by atoms with van der Waals surface area (Å²) in [6, 6.07) is 0. The SMILES string of the molecule is CCCN1CCCN2CCN(CCC)CCCN(CC1)CC2. The molecule has 2 rings (SSSR count). The van der Waals surface area contributed by atoms with Crippen molar-refractivity contribution < 1.29 is 0 Å². The Hall–Kier alpha value is -0.160. The second-order valence-electron chi connectivity index (χ2n) is 7.07. The van der Waals surface area contributed by atoms with Crippen molar-refractivity contribution in [1.29, 1.82) is 0 Å². The maximum atomic E-state index is 2.72. The van der Waals surface area contributed by atoms with Crippen molar-refractivity contribution in [2.75, 3.05) is 78.5 Å². The smallest absolute Gasteiger partial charge is 0.0110 e. The molecular weight excluding hydrogens is 272 g/mol. The fourth-order valence-corrected chi connectivity index (χ4v) is 3.86. The highest BCUT2D eigenvalue weighted by Gasteiger charge is 2.17. The van der Waals surface area contributed by atoms with Gasteiger partial charge >= 0.3 is 0 Å². The molecule has 0 aromatic rings. The van der Waals surface area contributed by atoms with Crippen LogP contribution < -0.4 is 0 Å². The number of nitrogens with zero attached hydrogens (tertiary/aromatic N) is 4. The van der Waals surface area contributed by atoms with E-state index in [0.29, 0.717) is 0 Å². The highest BCUT2D eigenvalue weighted by molar-refractivity contribution is 4.73. The number of hydrogen-bond acceptors (Lipinski definition) is 4. The molecule has 4 heteroatoms. The molecule has 0 amide bonds. The first-order valence-electron chi connectivity index (χ1n) is 9.71. The molecule has 4 nitrogen and oxygen atoms in total. The molecule has 2 unspecified atom stereocenters. The minimum Gasteiger partial charge on any atom is -0.302 e. The molecule has 22 heavy (non-hydrogen) atoms. The fraction of sp³-hybridized carbons (Fsp3) is 1.00. The Bertz CT molecular complexity index is 256. The van der Waals surface area contributed by atoms with Crippen LogP contribution in [0.25, 0.3) is 0 Å². The number of rotatable bonds is 4. The largest absolute Gasteiger partial charge is 0.302 e. The van der Waals surface area contributed by atoms with E-state index in [2.05, 4.69) is 33.4 Å². The molecule has 2 aliphatic heterocycles.